The van der Waals surface area contributed by atoms with Gasteiger partial charge >= 0.3 is 5.51 Å². The lowest BCUT2D eigenvalue weighted by Gasteiger charge is -2.22. The fraction of sp³-hybridized carbons (Fsp3) is 0.571. The standard InChI is InChI=1S/C14H18F3N3OS.ClH/c15-14(16,17)22-13-11(4-2-7-20-13)12(21)19-8-5-10-3-1-6-18-9-10;/h2,4,7,10,18H,1,3,5-6,8-9H2,(H,19,21);1H. The Kier molecular flexibility index (Phi) is 8.15. The molecule has 1 aromatic rings. The molecule has 1 fully saturated rings. The molecule has 1 unspecified atom stereocenters. The van der Waals surface area contributed by atoms with Gasteiger partial charge in [-0.3, -0.25) is 4.79 Å². The smallest absolute Gasteiger partial charge is 0.352 e. The number of carbonyl (C=O) groups is 1. The van der Waals surface area contributed by atoms with E-state index in [-0.39, 0.29) is 34.8 Å². The number of nitrogens with zero attached hydrogens (tertiary/aromatic N) is 1. The van der Waals surface area contributed by atoms with Crippen LogP contribution < -0.4 is 10.6 Å². The number of alkyl halides is 3. The molecule has 2 N–H and O–H groups in total. The summed E-state index contributed by atoms with van der Waals surface area (Å²) < 4.78 is 37.4. The largest absolute Gasteiger partial charge is 0.447 e. The molecular weight excluding hydrogens is 351 g/mol. The minimum atomic E-state index is -4.46. The van der Waals surface area contributed by atoms with Crippen LogP contribution in [0.2, 0.25) is 0 Å². The third-order valence-electron chi connectivity index (χ3n) is 3.47. The maximum Gasteiger partial charge on any atom is 0.447 e. The van der Waals surface area contributed by atoms with E-state index in [1.165, 1.54) is 18.3 Å². The van der Waals surface area contributed by atoms with Gasteiger partial charge in [-0.25, -0.2) is 4.98 Å². The molecule has 1 aliphatic heterocycles. The van der Waals surface area contributed by atoms with Crippen molar-refractivity contribution in [2.75, 3.05) is 19.6 Å². The lowest BCUT2D eigenvalue weighted by Crippen LogP contribution is -2.33. The van der Waals surface area contributed by atoms with E-state index in [1.54, 1.807) is 0 Å². The Balaban J connectivity index is 0.00000264. The average molecular weight is 370 g/mol. The first-order valence-electron chi connectivity index (χ1n) is 7.15. The molecule has 2 rings (SSSR count). The zero-order valence-electron chi connectivity index (χ0n) is 12.4. The van der Waals surface area contributed by atoms with Gasteiger partial charge in [-0.1, -0.05) is 0 Å². The van der Waals surface area contributed by atoms with Crippen molar-refractivity contribution in [3.05, 3.63) is 23.9 Å². The van der Waals surface area contributed by atoms with Crippen molar-refractivity contribution in [2.45, 2.75) is 29.8 Å². The van der Waals surface area contributed by atoms with E-state index < -0.39 is 11.4 Å². The van der Waals surface area contributed by atoms with Gasteiger partial charge in [0.15, 0.2) is 0 Å². The summed E-state index contributed by atoms with van der Waals surface area (Å²) >= 11 is -0.365. The number of aromatic nitrogens is 1. The number of thioether (sulfide) groups is 1. The molecule has 0 bridgehead atoms. The van der Waals surface area contributed by atoms with Crippen molar-refractivity contribution in [1.29, 1.82) is 0 Å². The van der Waals surface area contributed by atoms with Crippen LogP contribution in [0, 0.1) is 5.92 Å². The Bertz CT molecular complexity index is 510. The molecule has 23 heavy (non-hydrogen) atoms. The highest BCUT2D eigenvalue weighted by molar-refractivity contribution is 8.00. The van der Waals surface area contributed by atoms with Gasteiger partial charge in [-0.2, -0.15) is 13.2 Å². The molecule has 0 aromatic carbocycles. The third-order valence-corrected chi connectivity index (χ3v) is 4.22. The first-order valence-corrected chi connectivity index (χ1v) is 7.97. The van der Waals surface area contributed by atoms with Crippen molar-refractivity contribution < 1.29 is 18.0 Å². The van der Waals surface area contributed by atoms with Crippen molar-refractivity contribution >= 4 is 30.1 Å². The summed E-state index contributed by atoms with van der Waals surface area (Å²) in [6.07, 6.45) is 4.30. The van der Waals surface area contributed by atoms with E-state index in [9.17, 15) is 18.0 Å². The van der Waals surface area contributed by atoms with E-state index in [4.69, 9.17) is 0 Å². The maximum atomic E-state index is 12.5. The van der Waals surface area contributed by atoms with Crippen molar-refractivity contribution in [3.8, 4) is 0 Å². The Morgan fingerprint density at radius 2 is 2.26 bits per heavy atom. The molecule has 1 saturated heterocycles. The van der Waals surface area contributed by atoms with Crippen LogP contribution in [0.15, 0.2) is 23.4 Å². The predicted octanol–water partition coefficient (Wildman–Crippen LogP) is 3.23. The summed E-state index contributed by atoms with van der Waals surface area (Å²) in [6, 6.07) is 2.82. The number of carbonyl (C=O) groups excluding carboxylic acids is 1. The Hall–Kier alpha value is -0.990. The summed E-state index contributed by atoms with van der Waals surface area (Å²) in [4.78, 5) is 15.7. The van der Waals surface area contributed by atoms with Crippen LogP contribution in [-0.4, -0.2) is 36.0 Å². The van der Waals surface area contributed by atoms with Gasteiger partial charge in [0.05, 0.1) is 5.56 Å². The molecule has 1 atom stereocenters. The van der Waals surface area contributed by atoms with Gasteiger partial charge in [0.25, 0.3) is 5.91 Å². The lowest BCUT2D eigenvalue weighted by atomic mass is 9.96. The molecule has 0 aliphatic carbocycles. The quantitative estimate of drug-likeness (QED) is 0.782. The number of pyridine rings is 1. The molecule has 1 amide bonds. The second-order valence-corrected chi connectivity index (χ2v) is 6.21. The van der Waals surface area contributed by atoms with Gasteiger partial charge in [-0.15, -0.1) is 12.4 Å². The lowest BCUT2D eigenvalue weighted by molar-refractivity contribution is -0.0329. The van der Waals surface area contributed by atoms with Gasteiger partial charge in [-0.05, 0) is 50.4 Å². The van der Waals surface area contributed by atoms with Gasteiger partial charge in [0.2, 0.25) is 0 Å². The second kappa shape index (κ2) is 9.34. The summed E-state index contributed by atoms with van der Waals surface area (Å²) in [5.41, 5.74) is -4.50. The van der Waals surface area contributed by atoms with Crippen LogP contribution in [0.25, 0.3) is 0 Å². The Morgan fingerprint density at radius 3 is 2.91 bits per heavy atom. The first kappa shape index (κ1) is 20.1. The average Bonchev–Trinajstić information content (AvgIpc) is 2.47. The van der Waals surface area contributed by atoms with Crippen LogP contribution in [-0.2, 0) is 0 Å². The Labute approximate surface area is 143 Å². The van der Waals surface area contributed by atoms with Crippen LogP contribution in [0.1, 0.15) is 29.6 Å². The van der Waals surface area contributed by atoms with E-state index in [1.807, 2.05) is 0 Å². The van der Waals surface area contributed by atoms with Gasteiger partial charge < -0.3 is 10.6 Å². The fourth-order valence-electron chi connectivity index (χ4n) is 2.41. The monoisotopic (exact) mass is 369 g/mol. The second-order valence-electron chi connectivity index (χ2n) is 5.16. The summed E-state index contributed by atoms with van der Waals surface area (Å²) in [5.74, 6) is -0.00409. The van der Waals surface area contributed by atoms with Crippen LogP contribution in [0.3, 0.4) is 0 Å². The summed E-state index contributed by atoms with van der Waals surface area (Å²) in [6.45, 7) is 2.41. The van der Waals surface area contributed by atoms with Crippen LogP contribution in [0.5, 0.6) is 0 Å². The van der Waals surface area contributed by atoms with Crippen molar-refractivity contribution in [2.24, 2.45) is 5.92 Å². The molecule has 2 heterocycles. The zero-order chi connectivity index (χ0) is 16.0. The molecule has 4 nitrogen and oxygen atoms in total. The maximum absolute atomic E-state index is 12.5. The zero-order valence-corrected chi connectivity index (χ0v) is 14.0. The molecule has 1 aliphatic rings. The normalized spacial score (nSPS) is 18.1. The fourth-order valence-corrected chi connectivity index (χ4v) is 3.01. The SMILES string of the molecule is Cl.O=C(NCCC1CCCNC1)c1cccnc1SC(F)(F)F. The van der Waals surface area contributed by atoms with E-state index in [2.05, 4.69) is 15.6 Å². The number of amides is 1. The summed E-state index contributed by atoms with van der Waals surface area (Å²) in [5, 5.41) is 5.66. The molecule has 130 valence electrons. The Morgan fingerprint density at radius 1 is 1.48 bits per heavy atom. The minimum absolute atomic E-state index is 0. The first-order chi connectivity index (χ1) is 10.5. The molecule has 0 spiro atoms. The van der Waals surface area contributed by atoms with Gasteiger partial charge in [0, 0.05) is 24.5 Å². The number of nitrogens with one attached hydrogen (secondary N) is 2. The highest BCUT2D eigenvalue weighted by Gasteiger charge is 2.32. The number of rotatable bonds is 5. The number of halogens is 4. The molecular formula is C14H19ClF3N3OS. The van der Waals surface area contributed by atoms with Crippen molar-refractivity contribution in [3.63, 3.8) is 0 Å². The van der Waals surface area contributed by atoms with E-state index >= 15 is 0 Å². The molecule has 0 saturated carbocycles. The molecule has 1 aromatic heterocycles. The predicted molar refractivity (Wildman–Crippen MR) is 85.9 cm³/mol. The van der Waals surface area contributed by atoms with Gasteiger partial charge in [0.1, 0.15) is 5.03 Å². The highest BCUT2D eigenvalue weighted by Crippen LogP contribution is 2.37. The van der Waals surface area contributed by atoms with Crippen LogP contribution >= 0.6 is 24.2 Å². The number of hydrogen-bond acceptors (Lipinski definition) is 4. The van der Waals surface area contributed by atoms with Crippen LogP contribution in [0.4, 0.5) is 13.2 Å². The minimum Gasteiger partial charge on any atom is -0.352 e. The van der Waals surface area contributed by atoms with Crippen molar-refractivity contribution in [1.82, 2.24) is 15.6 Å². The summed E-state index contributed by atoms with van der Waals surface area (Å²) in [7, 11) is 0. The topological polar surface area (TPSA) is 54.0 Å². The molecule has 9 heteroatoms. The number of hydrogen-bond donors (Lipinski definition) is 2. The third kappa shape index (κ3) is 6.97. The van der Waals surface area contributed by atoms with E-state index in [0.29, 0.717) is 12.5 Å². The molecule has 0 radical (unpaired) electrons. The number of piperidine rings is 1. The van der Waals surface area contributed by atoms with E-state index in [0.717, 1.165) is 32.4 Å². The highest BCUT2D eigenvalue weighted by atomic mass is 35.5.